The number of carboxylic acid groups (broad SMARTS) is 1. The molecule has 5 nitrogen and oxygen atoms in total. The quantitative estimate of drug-likeness (QED) is 0.348. The first-order chi connectivity index (χ1) is 18.7. The summed E-state index contributed by atoms with van der Waals surface area (Å²) in [5, 5.41) is 9.73. The Balaban J connectivity index is 1.31. The normalized spacial score (nSPS) is 26.4. The number of carbonyl (C=O) groups is 1. The van der Waals surface area contributed by atoms with Gasteiger partial charge in [0, 0.05) is 17.0 Å². The van der Waals surface area contributed by atoms with Crippen LogP contribution in [0.5, 0.6) is 11.6 Å². The molecule has 39 heavy (non-hydrogen) atoms. The monoisotopic (exact) mass is 529 g/mol. The van der Waals surface area contributed by atoms with Crippen molar-refractivity contribution in [2.75, 3.05) is 7.11 Å². The first kappa shape index (κ1) is 25.8. The van der Waals surface area contributed by atoms with Crippen molar-refractivity contribution in [1.82, 2.24) is 4.98 Å². The maximum absolute atomic E-state index is 15.0. The van der Waals surface area contributed by atoms with Gasteiger partial charge in [0.2, 0.25) is 5.88 Å². The fourth-order valence-corrected chi connectivity index (χ4v) is 7.68. The van der Waals surface area contributed by atoms with Crippen LogP contribution < -0.4 is 9.47 Å². The third-order valence-corrected chi connectivity index (χ3v) is 9.90. The second-order valence-electron chi connectivity index (χ2n) is 12.3. The molecule has 0 radical (unpaired) electrons. The number of nitrogens with zero attached hydrogens (tertiary/aromatic N) is 1. The van der Waals surface area contributed by atoms with Crippen molar-refractivity contribution in [2.45, 2.75) is 70.8 Å². The van der Waals surface area contributed by atoms with E-state index in [1.165, 1.54) is 18.9 Å². The van der Waals surface area contributed by atoms with Crippen LogP contribution in [0.3, 0.4) is 0 Å². The predicted molar refractivity (Wildman–Crippen MR) is 148 cm³/mol. The fraction of sp³-hybridized carbons (Fsp3) is 0.455. The number of aliphatic carboxylic acids is 1. The number of aromatic nitrogens is 1. The maximum Gasteiger partial charge on any atom is 0.307 e. The lowest BCUT2D eigenvalue weighted by Gasteiger charge is -2.30. The van der Waals surface area contributed by atoms with E-state index >= 15 is 4.39 Å². The summed E-state index contributed by atoms with van der Waals surface area (Å²) in [6.45, 7) is 7.03. The molecule has 0 amide bonds. The second kappa shape index (κ2) is 9.35. The number of benzene rings is 2. The van der Waals surface area contributed by atoms with Crippen molar-refractivity contribution in [3.05, 3.63) is 76.7 Å². The average molecular weight is 530 g/mol. The molecule has 4 atom stereocenters. The van der Waals surface area contributed by atoms with Gasteiger partial charge in [-0.1, -0.05) is 51.5 Å². The van der Waals surface area contributed by atoms with E-state index in [9.17, 15) is 9.90 Å². The fourth-order valence-electron chi connectivity index (χ4n) is 7.68. The summed E-state index contributed by atoms with van der Waals surface area (Å²) in [7, 11) is 1.54. The summed E-state index contributed by atoms with van der Waals surface area (Å²) in [6.07, 6.45) is 6.37. The van der Waals surface area contributed by atoms with Gasteiger partial charge in [-0.25, -0.2) is 9.37 Å². The summed E-state index contributed by atoms with van der Waals surface area (Å²) in [4.78, 5) is 15.9. The largest absolute Gasteiger partial charge is 0.489 e. The third kappa shape index (κ3) is 4.19. The lowest BCUT2D eigenvalue weighted by molar-refractivity contribution is -0.139. The van der Waals surface area contributed by atoms with Crippen LogP contribution in [-0.4, -0.2) is 23.2 Å². The molecule has 6 heteroatoms. The van der Waals surface area contributed by atoms with Crippen molar-refractivity contribution in [3.63, 3.8) is 0 Å². The van der Waals surface area contributed by atoms with Crippen molar-refractivity contribution in [2.24, 2.45) is 17.3 Å². The van der Waals surface area contributed by atoms with E-state index in [1.54, 1.807) is 6.07 Å². The molecule has 1 N–H and O–H groups in total. The minimum Gasteiger partial charge on any atom is -0.489 e. The van der Waals surface area contributed by atoms with Crippen molar-refractivity contribution < 1.29 is 23.8 Å². The van der Waals surface area contributed by atoms with E-state index in [1.807, 2.05) is 18.2 Å². The Kier molecular flexibility index (Phi) is 6.20. The van der Waals surface area contributed by atoms with Crippen LogP contribution in [-0.2, 0) is 23.2 Å². The van der Waals surface area contributed by atoms with Gasteiger partial charge in [-0.05, 0) is 82.9 Å². The summed E-state index contributed by atoms with van der Waals surface area (Å²) in [5.41, 5.74) is 5.78. The van der Waals surface area contributed by atoms with Crippen LogP contribution in [0.1, 0.15) is 74.6 Å². The Labute approximate surface area is 229 Å². The highest BCUT2D eigenvalue weighted by atomic mass is 19.1. The Morgan fingerprint density at radius 1 is 1.13 bits per heavy atom. The van der Waals surface area contributed by atoms with Crippen molar-refractivity contribution in [1.29, 1.82) is 0 Å². The van der Waals surface area contributed by atoms with Crippen LogP contribution in [0.15, 0.2) is 48.7 Å². The van der Waals surface area contributed by atoms with Crippen LogP contribution in [0.4, 0.5) is 4.39 Å². The summed E-state index contributed by atoms with van der Waals surface area (Å²) < 4.78 is 26.6. The smallest absolute Gasteiger partial charge is 0.307 e. The minimum atomic E-state index is -0.701. The van der Waals surface area contributed by atoms with E-state index in [0.29, 0.717) is 24.0 Å². The van der Waals surface area contributed by atoms with Gasteiger partial charge in [-0.15, -0.1) is 0 Å². The van der Waals surface area contributed by atoms with Crippen molar-refractivity contribution >= 4 is 5.97 Å². The Morgan fingerprint density at radius 2 is 1.95 bits per heavy atom. The molecular formula is C33H36FNO4. The van der Waals surface area contributed by atoms with Gasteiger partial charge in [0.05, 0.1) is 19.2 Å². The SMILES string of the molecule is COc1cc(-c2ccc(COc3ccc4c(c3)C3(CC4)C(C)C3C(=O)O)cc2C2CCCC2(C)C)c(F)cn1. The topological polar surface area (TPSA) is 68.7 Å². The highest BCUT2D eigenvalue weighted by Crippen LogP contribution is 2.66. The number of carboxylic acids is 1. The number of aryl methyl sites for hydroxylation is 1. The Hall–Kier alpha value is -3.41. The molecule has 2 saturated carbocycles. The van der Waals surface area contributed by atoms with E-state index in [0.717, 1.165) is 60.1 Å². The third-order valence-electron chi connectivity index (χ3n) is 9.90. The van der Waals surface area contributed by atoms with Gasteiger partial charge in [0.25, 0.3) is 0 Å². The number of rotatable bonds is 7. The van der Waals surface area contributed by atoms with E-state index < -0.39 is 5.97 Å². The van der Waals surface area contributed by atoms with Crippen LogP contribution >= 0.6 is 0 Å². The number of fused-ring (bicyclic) bond motifs is 2. The highest BCUT2D eigenvalue weighted by Gasteiger charge is 2.68. The molecule has 1 aromatic heterocycles. The molecule has 2 fully saturated rings. The molecule has 0 bridgehead atoms. The van der Waals surface area contributed by atoms with Gasteiger partial charge in [-0.2, -0.15) is 0 Å². The number of halogens is 1. The van der Waals surface area contributed by atoms with Crippen molar-refractivity contribution in [3.8, 4) is 22.8 Å². The van der Waals surface area contributed by atoms with Gasteiger partial charge < -0.3 is 14.6 Å². The first-order valence-corrected chi connectivity index (χ1v) is 14.0. The average Bonchev–Trinajstić information content (AvgIpc) is 3.15. The first-order valence-electron chi connectivity index (χ1n) is 14.0. The Morgan fingerprint density at radius 3 is 2.64 bits per heavy atom. The molecule has 3 aliphatic rings. The molecule has 3 aliphatic carbocycles. The zero-order chi connectivity index (χ0) is 27.5. The van der Waals surface area contributed by atoms with E-state index in [4.69, 9.17) is 9.47 Å². The number of hydrogen-bond acceptors (Lipinski definition) is 4. The van der Waals surface area contributed by atoms with E-state index in [-0.39, 0.29) is 28.5 Å². The molecule has 0 saturated heterocycles. The lowest BCUT2D eigenvalue weighted by Crippen LogP contribution is -2.17. The number of pyridine rings is 1. The molecule has 204 valence electrons. The zero-order valence-corrected chi connectivity index (χ0v) is 23.1. The second-order valence-corrected chi connectivity index (χ2v) is 12.3. The maximum atomic E-state index is 15.0. The summed E-state index contributed by atoms with van der Waals surface area (Å²) in [5.74, 6) is 0.213. The number of ether oxygens (including phenoxy) is 2. The molecule has 1 spiro atoms. The van der Waals surface area contributed by atoms with Crippen LogP contribution in [0, 0.1) is 23.1 Å². The molecule has 0 aliphatic heterocycles. The van der Waals surface area contributed by atoms with Crippen LogP contribution in [0.2, 0.25) is 0 Å². The number of hydrogen-bond donors (Lipinski definition) is 1. The number of methoxy groups -OCH3 is 1. The molecular weight excluding hydrogens is 493 g/mol. The molecule has 2 aromatic carbocycles. The van der Waals surface area contributed by atoms with Gasteiger partial charge >= 0.3 is 5.97 Å². The van der Waals surface area contributed by atoms with Gasteiger partial charge in [-0.3, -0.25) is 4.79 Å². The predicted octanol–water partition coefficient (Wildman–Crippen LogP) is 7.30. The molecule has 3 aromatic rings. The summed E-state index contributed by atoms with van der Waals surface area (Å²) in [6, 6.07) is 14.0. The zero-order valence-electron chi connectivity index (χ0n) is 23.1. The Bertz CT molecular complexity index is 1450. The lowest BCUT2D eigenvalue weighted by atomic mass is 9.75. The molecule has 6 rings (SSSR count). The van der Waals surface area contributed by atoms with Gasteiger partial charge in [0.1, 0.15) is 18.2 Å². The minimum absolute atomic E-state index is 0.109. The molecule has 4 unspecified atom stereocenters. The highest BCUT2D eigenvalue weighted by molar-refractivity contribution is 5.79. The molecule has 1 heterocycles. The van der Waals surface area contributed by atoms with E-state index in [2.05, 4.69) is 44.0 Å². The standard InChI is InChI=1S/C33H36FNO4/c1-19-30(31(36)37)33(19)13-11-21-8-9-22(15-27(21)33)39-18-20-7-10-23(25-16-29(38-4)35-17-28(25)34)24(14-20)26-6-5-12-32(26,2)3/h7-10,14-17,19,26,30H,5-6,11-13,18H2,1-4H3,(H,36,37). The van der Waals surface area contributed by atoms with Gasteiger partial charge in [0.15, 0.2) is 0 Å². The van der Waals surface area contributed by atoms with Crippen LogP contribution in [0.25, 0.3) is 11.1 Å². The summed E-state index contributed by atoms with van der Waals surface area (Å²) >= 11 is 0.